The second-order valence-corrected chi connectivity index (χ2v) is 6.98. The molecule has 0 atom stereocenters. The summed E-state index contributed by atoms with van der Waals surface area (Å²) in [5.41, 5.74) is 0.392. The Hall–Kier alpha value is -1.43. The molecule has 0 amide bonds. The molecule has 2 fully saturated rings. The summed E-state index contributed by atoms with van der Waals surface area (Å²) in [4.78, 5) is 14.5. The molecule has 0 saturated carbocycles. The van der Waals surface area contributed by atoms with Gasteiger partial charge in [-0.05, 0) is 31.5 Å². The number of carbonyl (C=O) groups excluding carboxylic acids is 1. The fourth-order valence-corrected chi connectivity index (χ4v) is 3.50. The Bertz CT molecular complexity index is 519. The molecule has 132 valence electrons. The Balaban J connectivity index is 1.40. The van der Waals surface area contributed by atoms with E-state index in [4.69, 9.17) is 9.47 Å². The van der Waals surface area contributed by atoms with E-state index in [0.717, 1.165) is 31.5 Å². The number of rotatable bonds is 5. The number of likely N-dealkylation sites (tertiary alicyclic amines) is 1. The zero-order valence-electron chi connectivity index (χ0n) is 14.2. The third-order valence-corrected chi connectivity index (χ3v) is 5.09. The minimum Gasteiger partial charge on any atom is -0.461 e. The predicted molar refractivity (Wildman–Crippen MR) is 90.4 cm³/mol. The van der Waals surface area contributed by atoms with E-state index in [1.165, 1.54) is 0 Å². The van der Waals surface area contributed by atoms with Gasteiger partial charge < -0.3 is 19.5 Å². The van der Waals surface area contributed by atoms with Crippen molar-refractivity contribution in [2.75, 3.05) is 32.8 Å². The van der Waals surface area contributed by atoms with Crippen molar-refractivity contribution >= 4 is 5.97 Å². The summed E-state index contributed by atoms with van der Waals surface area (Å²) in [6.07, 6.45) is 3.01. The van der Waals surface area contributed by atoms with E-state index in [-0.39, 0.29) is 11.9 Å². The van der Waals surface area contributed by atoms with Gasteiger partial charge in [-0.1, -0.05) is 30.3 Å². The summed E-state index contributed by atoms with van der Waals surface area (Å²) in [6.45, 7) is 3.99. The average Bonchev–Trinajstić information content (AvgIpc) is 2.61. The van der Waals surface area contributed by atoms with E-state index in [1.807, 2.05) is 30.3 Å². The Kier molecular flexibility index (Phi) is 5.87. The molecule has 2 saturated heterocycles. The molecule has 1 N–H and O–H groups in total. The molecule has 24 heavy (non-hydrogen) atoms. The van der Waals surface area contributed by atoms with Crippen LogP contribution in [0.15, 0.2) is 30.3 Å². The lowest BCUT2D eigenvalue weighted by molar-refractivity contribution is -0.152. The first-order chi connectivity index (χ1) is 11.6. The van der Waals surface area contributed by atoms with Crippen LogP contribution in [0.3, 0.4) is 0 Å². The van der Waals surface area contributed by atoms with Gasteiger partial charge in [0.15, 0.2) is 0 Å². The van der Waals surface area contributed by atoms with Gasteiger partial charge in [-0.3, -0.25) is 4.79 Å². The Morgan fingerprint density at radius 1 is 1.21 bits per heavy atom. The maximum atomic E-state index is 12.2. The van der Waals surface area contributed by atoms with Gasteiger partial charge in [-0.2, -0.15) is 0 Å². The molecule has 5 nitrogen and oxygen atoms in total. The normalized spacial score (nSPS) is 22.2. The SMILES string of the molecule is O=C(OCc1ccccc1)C1CCN(CC2(O)CCOCC2)CC1. The molecule has 3 rings (SSSR count). The molecule has 0 bridgehead atoms. The summed E-state index contributed by atoms with van der Waals surface area (Å²) >= 11 is 0. The van der Waals surface area contributed by atoms with E-state index >= 15 is 0 Å². The van der Waals surface area contributed by atoms with Gasteiger partial charge >= 0.3 is 5.97 Å². The second kappa shape index (κ2) is 8.10. The van der Waals surface area contributed by atoms with Crippen LogP contribution in [0, 0.1) is 5.92 Å². The van der Waals surface area contributed by atoms with Gasteiger partial charge in [0.1, 0.15) is 6.61 Å². The number of carbonyl (C=O) groups is 1. The molecule has 0 aromatic heterocycles. The van der Waals surface area contributed by atoms with Crippen LogP contribution in [0.4, 0.5) is 0 Å². The minimum absolute atomic E-state index is 0.0192. The number of nitrogens with zero attached hydrogens (tertiary/aromatic N) is 1. The molecule has 1 aromatic rings. The molecular weight excluding hydrogens is 306 g/mol. The van der Waals surface area contributed by atoms with Crippen molar-refractivity contribution in [1.82, 2.24) is 4.90 Å². The number of aliphatic hydroxyl groups is 1. The third-order valence-electron chi connectivity index (χ3n) is 5.09. The van der Waals surface area contributed by atoms with Crippen molar-refractivity contribution in [2.45, 2.75) is 37.9 Å². The number of β-amino-alcohol motifs (C(OH)–C–C–N with tert-alkyl or cyclic N) is 1. The first-order valence-corrected chi connectivity index (χ1v) is 8.88. The highest BCUT2D eigenvalue weighted by molar-refractivity contribution is 5.72. The van der Waals surface area contributed by atoms with Gasteiger partial charge in [-0.15, -0.1) is 0 Å². The van der Waals surface area contributed by atoms with Gasteiger partial charge in [-0.25, -0.2) is 0 Å². The summed E-state index contributed by atoms with van der Waals surface area (Å²) in [7, 11) is 0. The summed E-state index contributed by atoms with van der Waals surface area (Å²) < 4.78 is 10.8. The number of ether oxygens (including phenoxy) is 2. The standard InChI is InChI=1S/C19H27NO4/c21-18(24-14-16-4-2-1-3-5-16)17-6-10-20(11-7-17)15-19(22)8-12-23-13-9-19/h1-5,17,22H,6-15H2. The van der Waals surface area contributed by atoms with Gasteiger partial charge in [0.25, 0.3) is 0 Å². The van der Waals surface area contributed by atoms with Gasteiger partial charge in [0.2, 0.25) is 0 Å². The number of hydrogen-bond acceptors (Lipinski definition) is 5. The number of esters is 1. The monoisotopic (exact) mass is 333 g/mol. The van der Waals surface area contributed by atoms with Crippen molar-refractivity contribution in [2.24, 2.45) is 5.92 Å². The highest BCUT2D eigenvalue weighted by Crippen LogP contribution is 2.25. The van der Waals surface area contributed by atoms with E-state index in [0.29, 0.717) is 39.2 Å². The largest absolute Gasteiger partial charge is 0.461 e. The Morgan fingerprint density at radius 3 is 2.54 bits per heavy atom. The maximum absolute atomic E-state index is 12.2. The second-order valence-electron chi connectivity index (χ2n) is 6.98. The minimum atomic E-state index is -0.626. The molecular formula is C19H27NO4. The highest BCUT2D eigenvalue weighted by atomic mass is 16.5. The van der Waals surface area contributed by atoms with Crippen molar-refractivity contribution in [3.63, 3.8) is 0 Å². The zero-order chi connectivity index (χ0) is 16.8. The van der Waals surface area contributed by atoms with Crippen molar-refractivity contribution in [3.05, 3.63) is 35.9 Å². The number of benzene rings is 1. The Labute approximate surface area is 143 Å². The van der Waals surface area contributed by atoms with E-state index in [1.54, 1.807) is 0 Å². The molecule has 0 unspecified atom stereocenters. The highest BCUT2D eigenvalue weighted by Gasteiger charge is 2.34. The topological polar surface area (TPSA) is 59.0 Å². The lowest BCUT2D eigenvalue weighted by Gasteiger charge is -2.39. The van der Waals surface area contributed by atoms with Crippen LogP contribution < -0.4 is 0 Å². The molecule has 2 aliphatic heterocycles. The van der Waals surface area contributed by atoms with Crippen LogP contribution in [0.5, 0.6) is 0 Å². The first-order valence-electron chi connectivity index (χ1n) is 8.88. The third kappa shape index (κ3) is 4.79. The van der Waals surface area contributed by atoms with Gasteiger partial charge in [0.05, 0.1) is 11.5 Å². The fourth-order valence-electron chi connectivity index (χ4n) is 3.50. The van der Waals surface area contributed by atoms with Crippen LogP contribution >= 0.6 is 0 Å². The summed E-state index contributed by atoms with van der Waals surface area (Å²) in [5, 5.41) is 10.6. The number of hydrogen-bond donors (Lipinski definition) is 1. The summed E-state index contributed by atoms with van der Waals surface area (Å²) in [5.74, 6) is -0.113. The van der Waals surface area contributed by atoms with E-state index in [2.05, 4.69) is 4.90 Å². The molecule has 2 heterocycles. The smallest absolute Gasteiger partial charge is 0.309 e. The van der Waals surface area contributed by atoms with Crippen LogP contribution in [-0.2, 0) is 20.9 Å². The van der Waals surface area contributed by atoms with Gasteiger partial charge in [0, 0.05) is 32.6 Å². The molecule has 0 spiro atoms. The Morgan fingerprint density at radius 2 is 1.88 bits per heavy atom. The maximum Gasteiger partial charge on any atom is 0.309 e. The van der Waals surface area contributed by atoms with Crippen LogP contribution in [0.1, 0.15) is 31.2 Å². The fraction of sp³-hybridized carbons (Fsp3) is 0.632. The van der Waals surface area contributed by atoms with Crippen LogP contribution in [0.25, 0.3) is 0 Å². The zero-order valence-corrected chi connectivity index (χ0v) is 14.2. The van der Waals surface area contributed by atoms with Crippen molar-refractivity contribution < 1.29 is 19.4 Å². The van der Waals surface area contributed by atoms with Crippen LogP contribution in [0.2, 0.25) is 0 Å². The molecule has 0 aliphatic carbocycles. The van der Waals surface area contributed by atoms with Crippen LogP contribution in [-0.4, -0.2) is 54.4 Å². The van der Waals surface area contributed by atoms with E-state index in [9.17, 15) is 9.90 Å². The summed E-state index contributed by atoms with van der Waals surface area (Å²) in [6, 6.07) is 9.77. The average molecular weight is 333 g/mol. The first kappa shape index (κ1) is 17.4. The lowest BCUT2D eigenvalue weighted by Crippen LogP contribution is -2.49. The molecule has 2 aliphatic rings. The molecule has 0 radical (unpaired) electrons. The quantitative estimate of drug-likeness (QED) is 0.835. The van der Waals surface area contributed by atoms with Crippen molar-refractivity contribution in [1.29, 1.82) is 0 Å². The number of piperidine rings is 1. The molecule has 5 heteroatoms. The predicted octanol–water partition coefficient (Wildman–Crippen LogP) is 1.98. The molecule has 1 aromatic carbocycles. The lowest BCUT2D eigenvalue weighted by atomic mass is 9.91. The van der Waals surface area contributed by atoms with Crippen molar-refractivity contribution in [3.8, 4) is 0 Å². The van der Waals surface area contributed by atoms with E-state index < -0.39 is 5.60 Å².